The first kappa shape index (κ1) is 25.1. The van der Waals surface area contributed by atoms with E-state index in [0.717, 1.165) is 61.9 Å². The third-order valence-electron chi connectivity index (χ3n) is 8.19. The fourth-order valence-corrected chi connectivity index (χ4v) is 5.61. The van der Waals surface area contributed by atoms with Crippen LogP contribution in [0.15, 0.2) is 35.1 Å². The Labute approximate surface area is 217 Å². The highest BCUT2D eigenvalue weighted by Gasteiger charge is 2.47. The van der Waals surface area contributed by atoms with Crippen molar-refractivity contribution >= 4 is 22.7 Å². The Hall–Kier alpha value is -3.55. The molecule has 0 bridgehead atoms. The van der Waals surface area contributed by atoms with Crippen molar-refractivity contribution < 1.29 is 14.3 Å². The van der Waals surface area contributed by atoms with Crippen LogP contribution in [0, 0.1) is 25.2 Å². The number of fused-ring (bicyclic) bond motifs is 1. The Bertz CT molecular complexity index is 1410. The minimum Gasteiger partial charge on any atom is -0.496 e. The number of piperidine rings is 1. The van der Waals surface area contributed by atoms with Gasteiger partial charge in [0, 0.05) is 47.3 Å². The molecule has 0 spiro atoms. The van der Waals surface area contributed by atoms with E-state index in [1.807, 2.05) is 30.0 Å². The lowest BCUT2D eigenvalue weighted by Crippen LogP contribution is -2.42. The number of aromatic amines is 1. The minimum absolute atomic E-state index is 0.0714. The number of methoxy groups -OCH3 is 1. The molecule has 1 aliphatic heterocycles. The van der Waals surface area contributed by atoms with Crippen LogP contribution >= 0.6 is 0 Å². The largest absolute Gasteiger partial charge is 0.496 e. The molecule has 3 aromatic rings. The maximum absolute atomic E-state index is 13.4. The Balaban J connectivity index is 1.33. The number of amides is 2. The number of rotatable bonds is 7. The van der Waals surface area contributed by atoms with Crippen molar-refractivity contribution in [3.05, 3.63) is 63.2 Å². The van der Waals surface area contributed by atoms with Gasteiger partial charge < -0.3 is 24.5 Å². The number of H-pyrrole nitrogens is 1. The normalized spacial score (nSPS) is 17.1. The van der Waals surface area contributed by atoms with Crippen molar-refractivity contribution in [3.63, 3.8) is 0 Å². The number of carbonyl (C=O) groups excluding carboxylic acids is 2. The van der Waals surface area contributed by atoms with Gasteiger partial charge in [-0.05, 0) is 57.6 Å². The van der Waals surface area contributed by atoms with Crippen LogP contribution in [0.4, 0.5) is 0 Å². The van der Waals surface area contributed by atoms with Gasteiger partial charge in [0.05, 0.1) is 24.8 Å². The maximum atomic E-state index is 13.4. The smallest absolute Gasteiger partial charge is 0.256 e. The molecule has 0 radical (unpaired) electrons. The van der Waals surface area contributed by atoms with Gasteiger partial charge >= 0.3 is 0 Å². The number of ether oxygens (including phenoxy) is 1. The predicted octanol–water partition coefficient (Wildman–Crippen LogP) is 3.92. The van der Waals surface area contributed by atoms with Crippen molar-refractivity contribution in [2.75, 3.05) is 20.2 Å². The van der Waals surface area contributed by atoms with Gasteiger partial charge in [-0.1, -0.05) is 25.1 Å². The zero-order valence-electron chi connectivity index (χ0n) is 22.1. The zero-order chi connectivity index (χ0) is 26.3. The van der Waals surface area contributed by atoms with Crippen LogP contribution in [-0.4, -0.2) is 46.5 Å². The van der Waals surface area contributed by atoms with Crippen LogP contribution in [0.25, 0.3) is 10.9 Å². The molecule has 37 heavy (non-hydrogen) atoms. The van der Waals surface area contributed by atoms with Crippen molar-refractivity contribution in [3.8, 4) is 5.75 Å². The van der Waals surface area contributed by atoms with Crippen molar-refractivity contribution in [1.29, 1.82) is 0 Å². The lowest BCUT2D eigenvalue weighted by molar-refractivity contribution is -0.137. The number of aromatic nitrogens is 2. The van der Waals surface area contributed by atoms with E-state index in [9.17, 15) is 14.4 Å². The van der Waals surface area contributed by atoms with E-state index in [-0.39, 0.29) is 23.4 Å². The summed E-state index contributed by atoms with van der Waals surface area (Å²) >= 11 is 0. The standard InChI is InChI=1S/C29H36N4O4/c1-18-15-24(37-4)22(26(34)31-18)16-30-27(35)25-19(2)33(23-8-6-5-7-21(23)25)17-20-9-13-32(14-10-20)28(36)29(3)11-12-29/h5-8,15,20H,9-14,16-17H2,1-4H3,(H,30,35)(H,31,34). The van der Waals surface area contributed by atoms with Crippen LogP contribution in [0.3, 0.4) is 0 Å². The molecule has 8 heteroatoms. The van der Waals surface area contributed by atoms with Crippen LogP contribution in [0.5, 0.6) is 5.75 Å². The highest BCUT2D eigenvalue weighted by atomic mass is 16.5. The van der Waals surface area contributed by atoms with Gasteiger partial charge in [0.1, 0.15) is 5.75 Å². The van der Waals surface area contributed by atoms with Crippen LogP contribution < -0.4 is 15.6 Å². The van der Waals surface area contributed by atoms with Gasteiger partial charge in [-0.3, -0.25) is 14.4 Å². The Kier molecular flexibility index (Phi) is 6.60. The predicted molar refractivity (Wildman–Crippen MR) is 143 cm³/mol. The van der Waals surface area contributed by atoms with Gasteiger partial charge in [0.25, 0.3) is 11.5 Å². The minimum atomic E-state index is -0.267. The second kappa shape index (κ2) is 9.72. The Morgan fingerprint density at radius 2 is 1.86 bits per heavy atom. The molecule has 0 atom stereocenters. The molecular weight excluding hydrogens is 468 g/mol. The van der Waals surface area contributed by atoms with E-state index in [0.29, 0.717) is 34.4 Å². The summed E-state index contributed by atoms with van der Waals surface area (Å²) in [5.74, 6) is 1.00. The molecular formula is C29H36N4O4. The Morgan fingerprint density at radius 3 is 2.54 bits per heavy atom. The quantitative estimate of drug-likeness (QED) is 0.510. The summed E-state index contributed by atoms with van der Waals surface area (Å²) in [5, 5.41) is 3.84. The summed E-state index contributed by atoms with van der Waals surface area (Å²) in [6.45, 7) is 8.34. The molecule has 1 aromatic carbocycles. The number of para-hydroxylation sites is 1. The summed E-state index contributed by atoms with van der Waals surface area (Å²) in [6, 6.07) is 9.72. The monoisotopic (exact) mass is 504 g/mol. The van der Waals surface area contributed by atoms with Crippen molar-refractivity contribution in [1.82, 2.24) is 19.8 Å². The van der Waals surface area contributed by atoms with Gasteiger partial charge in [-0.25, -0.2) is 0 Å². The number of nitrogens with one attached hydrogen (secondary N) is 2. The number of likely N-dealkylation sites (tertiary alicyclic amines) is 1. The SMILES string of the molecule is COc1cc(C)[nH]c(=O)c1CNC(=O)c1c(C)n(CC2CCN(C(=O)C3(C)CC3)CC2)c2ccccc12. The molecule has 2 N–H and O–H groups in total. The summed E-state index contributed by atoms with van der Waals surface area (Å²) in [6.07, 6.45) is 3.95. The number of hydrogen-bond donors (Lipinski definition) is 2. The molecule has 8 nitrogen and oxygen atoms in total. The van der Waals surface area contributed by atoms with E-state index < -0.39 is 0 Å². The molecule has 1 saturated heterocycles. The number of benzene rings is 1. The summed E-state index contributed by atoms with van der Waals surface area (Å²) < 4.78 is 7.62. The van der Waals surface area contributed by atoms with Crippen LogP contribution in [0.1, 0.15) is 59.9 Å². The maximum Gasteiger partial charge on any atom is 0.256 e. The zero-order valence-corrected chi connectivity index (χ0v) is 22.1. The van der Waals surface area contributed by atoms with E-state index >= 15 is 0 Å². The molecule has 2 amide bonds. The molecule has 2 aromatic heterocycles. The number of pyridine rings is 1. The number of nitrogens with zero attached hydrogens (tertiary/aromatic N) is 2. The second-order valence-corrected chi connectivity index (χ2v) is 10.9. The fourth-order valence-electron chi connectivity index (χ4n) is 5.61. The Morgan fingerprint density at radius 1 is 1.16 bits per heavy atom. The highest BCUT2D eigenvalue weighted by Crippen LogP contribution is 2.47. The van der Waals surface area contributed by atoms with E-state index in [4.69, 9.17) is 4.74 Å². The van der Waals surface area contributed by atoms with Gasteiger partial charge in [-0.15, -0.1) is 0 Å². The molecule has 5 rings (SSSR count). The molecule has 1 saturated carbocycles. The molecule has 3 heterocycles. The summed E-state index contributed by atoms with van der Waals surface area (Å²) in [4.78, 5) is 43.5. The van der Waals surface area contributed by atoms with Crippen molar-refractivity contribution in [2.45, 2.75) is 59.5 Å². The lowest BCUT2D eigenvalue weighted by atomic mass is 9.95. The number of aryl methyl sites for hydroxylation is 1. The van der Waals surface area contributed by atoms with Gasteiger partial charge in [0.2, 0.25) is 5.91 Å². The summed E-state index contributed by atoms with van der Waals surface area (Å²) in [7, 11) is 1.52. The third kappa shape index (κ3) is 4.77. The average molecular weight is 505 g/mol. The summed E-state index contributed by atoms with van der Waals surface area (Å²) in [5.41, 5.74) is 3.28. The number of hydrogen-bond acceptors (Lipinski definition) is 4. The van der Waals surface area contributed by atoms with Crippen molar-refractivity contribution in [2.24, 2.45) is 11.3 Å². The molecule has 1 aliphatic carbocycles. The molecule has 0 unspecified atom stereocenters. The average Bonchev–Trinajstić information content (AvgIpc) is 3.58. The molecule has 2 fully saturated rings. The van der Waals surface area contributed by atoms with Gasteiger partial charge in [-0.2, -0.15) is 0 Å². The third-order valence-corrected chi connectivity index (χ3v) is 8.19. The van der Waals surface area contributed by atoms with Gasteiger partial charge in [0.15, 0.2) is 0 Å². The molecule has 2 aliphatic rings. The second-order valence-electron chi connectivity index (χ2n) is 10.9. The topological polar surface area (TPSA) is 96.4 Å². The first-order valence-electron chi connectivity index (χ1n) is 13.1. The van der Waals surface area contributed by atoms with Crippen LogP contribution in [0.2, 0.25) is 0 Å². The van der Waals surface area contributed by atoms with E-state index in [2.05, 4.69) is 27.9 Å². The van der Waals surface area contributed by atoms with E-state index in [1.54, 1.807) is 13.0 Å². The highest BCUT2D eigenvalue weighted by molar-refractivity contribution is 6.08. The number of carbonyl (C=O) groups is 2. The molecule has 196 valence electrons. The van der Waals surface area contributed by atoms with Crippen LogP contribution in [-0.2, 0) is 17.9 Å². The first-order valence-corrected chi connectivity index (χ1v) is 13.1. The first-order chi connectivity index (χ1) is 17.7. The van der Waals surface area contributed by atoms with E-state index in [1.165, 1.54) is 7.11 Å². The fraction of sp³-hybridized carbons (Fsp3) is 0.483. The lowest BCUT2D eigenvalue weighted by Gasteiger charge is -2.34.